The Hall–Kier alpha value is -5.67. The highest BCUT2D eigenvalue weighted by Gasteiger charge is 2.48. The molecule has 8 aromatic rings. The van der Waals surface area contributed by atoms with Gasteiger partial charge in [0, 0.05) is 22.1 Å². The van der Waals surface area contributed by atoms with Crippen LogP contribution in [0.5, 0.6) is 0 Å². The fourth-order valence-electron chi connectivity index (χ4n) is 8.09. The van der Waals surface area contributed by atoms with E-state index in [1.54, 1.807) is 0 Å². The number of benzene rings is 7. The van der Waals surface area contributed by atoms with Gasteiger partial charge in [-0.1, -0.05) is 103 Å². The van der Waals surface area contributed by atoms with Crippen LogP contribution in [0.15, 0.2) is 151 Å². The van der Waals surface area contributed by atoms with E-state index < -0.39 is 0 Å². The second-order valence-corrected chi connectivity index (χ2v) is 14.5. The van der Waals surface area contributed by atoms with Crippen LogP contribution < -0.4 is 4.90 Å². The van der Waals surface area contributed by atoms with Gasteiger partial charge >= 0.3 is 0 Å². The zero-order valence-corrected chi connectivity index (χ0v) is 28.7. The first kappa shape index (κ1) is 29.5. The van der Waals surface area contributed by atoms with Crippen molar-refractivity contribution >= 4 is 54.9 Å². The Balaban J connectivity index is 1.27. The van der Waals surface area contributed by atoms with Crippen molar-refractivity contribution in [1.82, 2.24) is 4.57 Å². The number of aromatic nitrogens is 1. The zero-order valence-electron chi connectivity index (χ0n) is 28.7. The second-order valence-electron chi connectivity index (χ2n) is 14.5. The largest absolute Gasteiger partial charge is 0.322 e. The average molecular weight is 634 g/mol. The summed E-state index contributed by atoms with van der Waals surface area (Å²) in [5, 5.41) is 7.58. The normalized spacial score (nSPS) is 15.4. The van der Waals surface area contributed by atoms with Gasteiger partial charge in [-0.2, -0.15) is 0 Å². The van der Waals surface area contributed by atoms with Crippen molar-refractivity contribution < 1.29 is 0 Å². The van der Waals surface area contributed by atoms with Crippen molar-refractivity contribution in [1.29, 1.82) is 0 Å². The molecule has 238 valence electrons. The summed E-state index contributed by atoms with van der Waals surface area (Å²) >= 11 is 0. The van der Waals surface area contributed by atoms with E-state index in [2.05, 4.69) is 190 Å². The number of hydrogen-bond acceptors (Lipinski definition) is 2. The maximum Gasteiger partial charge on any atom is 0.102 e. The third kappa shape index (κ3) is 4.45. The lowest BCUT2D eigenvalue weighted by Gasteiger charge is -2.41. The first-order chi connectivity index (χ1) is 23.7. The molecule has 49 heavy (non-hydrogen) atoms. The molecule has 1 aromatic heterocycles. The summed E-state index contributed by atoms with van der Waals surface area (Å²) in [5.41, 5.74) is 9.31. The number of nitrogens with zero attached hydrogens (tertiary/aromatic N) is 3. The topological polar surface area (TPSA) is 20.5 Å². The second kappa shape index (κ2) is 10.7. The monoisotopic (exact) mass is 633 g/mol. The Morgan fingerprint density at radius 3 is 1.86 bits per heavy atom. The van der Waals surface area contributed by atoms with Crippen LogP contribution in [0.3, 0.4) is 0 Å². The van der Waals surface area contributed by atoms with Crippen LogP contribution in [0.25, 0.3) is 71.3 Å². The molecule has 0 atom stereocenters. The molecule has 0 saturated carbocycles. The molecule has 9 rings (SSSR count). The molecule has 1 aliphatic rings. The van der Waals surface area contributed by atoms with Crippen LogP contribution in [0.4, 0.5) is 5.69 Å². The Bertz CT molecular complexity index is 2600. The summed E-state index contributed by atoms with van der Waals surface area (Å²) in [6, 6.07) is 53.5. The molecule has 7 aromatic carbocycles. The van der Waals surface area contributed by atoms with Crippen LogP contribution in [-0.4, -0.2) is 21.5 Å². The van der Waals surface area contributed by atoms with Gasteiger partial charge in [0.25, 0.3) is 0 Å². The van der Waals surface area contributed by atoms with E-state index in [1.165, 1.54) is 71.3 Å². The number of para-hydroxylation sites is 1. The molecular weight excluding hydrogens is 595 g/mol. The lowest BCUT2D eigenvalue weighted by Crippen LogP contribution is -2.52. The summed E-state index contributed by atoms with van der Waals surface area (Å²) in [4.78, 5) is 7.41. The average Bonchev–Trinajstić information content (AvgIpc) is 3.53. The number of anilines is 1. The van der Waals surface area contributed by atoms with Gasteiger partial charge in [-0.15, -0.1) is 0 Å². The van der Waals surface area contributed by atoms with Crippen molar-refractivity contribution in [2.45, 2.75) is 45.7 Å². The molecule has 0 bridgehead atoms. The van der Waals surface area contributed by atoms with Gasteiger partial charge in [0.05, 0.1) is 22.1 Å². The maximum absolute atomic E-state index is 5.02. The first-order valence-corrected chi connectivity index (χ1v) is 17.2. The maximum atomic E-state index is 5.02. The minimum atomic E-state index is -0.171. The number of hydrogen-bond donors (Lipinski definition) is 0. The highest BCUT2D eigenvalue weighted by molar-refractivity contribution is 6.24. The molecule has 3 heteroatoms. The molecule has 0 fully saturated rings. The number of fused-ring (bicyclic) bond motifs is 6. The van der Waals surface area contributed by atoms with Crippen molar-refractivity contribution in [3.05, 3.63) is 146 Å². The van der Waals surface area contributed by atoms with Crippen molar-refractivity contribution in [2.75, 3.05) is 4.90 Å². The van der Waals surface area contributed by atoms with Gasteiger partial charge in [-0.05, 0) is 121 Å². The van der Waals surface area contributed by atoms with E-state index in [9.17, 15) is 0 Å². The highest BCUT2D eigenvalue weighted by atomic mass is 15.3. The van der Waals surface area contributed by atoms with Gasteiger partial charge in [-0.25, -0.2) is 0 Å². The molecule has 0 aliphatic carbocycles. The van der Waals surface area contributed by atoms with E-state index in [0.29, 0.717) is 0 Å². The van der Waals surface area contributed by atoms with Crippen LogP contribution >= 0.6 is 0 Å². The minimum Gasteiger partial charge on any atom is -0.322 e. The fraction of sp³-hybridized carbons (Fsp3) is 0.152. The van der Waals surface area contributed by atoms with Crippen molar-refractivity contribution in [2.24, 2.45) is 4.99 Å². The van der Waals surface area contributed by atoms with Gasteiger partial charge in [0.15, 0.2) is 0 Å². The molecule has 1 aliphatic heterocycles. The molecule has 0 N–H and O–H groups in total. The summed E-state index contributed by atoms with van der Waals surface area (Å²) in [7, 11) is 0. The Morgan fingerprint density at radius 1 is 0.490 bits per heavy atom. The SMILES string of the molecule is CC1=NC(C)(C)C(C)(C)N1c1ccc(-c2cc3c(c4ccccc24)c2ccc(-c4ccc5ccccc5c4)cc2n3-c2ccccc2)cc1. The van der Waals surface area contributed by atoms with Crippen LogP contribution in [0, 0.1) is 0 Å². The lowest BCUT2D eigenvalue weighted by atomic mass is 9.83. The van der Waals surface area contributed by atoms with Gasteiger partial charge < -0.3 is 9.47 Å². The smallest absolute Gasteiger partial charge is 0.102 e. The lowest BCUT2D eigenvalue weighted by molar-refractivity contribution is 0.338. The molecule has 0 saturated heterocycles. The third-order valence-corrected chi connectivity index (χ3v) is 11.1. The summed E-state index contributed by atoms with van der Waals surface area (Å²) in [6.45, 7) is 11.2. The van der Waals surface area contributed by atoms with E-state index in [-0.39, 0.29) is 11.1 Å². The van der Waals surface area contributed by atoms with E-state index in [4.69, 9.17) is 4.99 Å². The highest BCUT2D eigenvalue weighted by Crippen LogP contribution is 2.44. The van der Waals surface area contributed by atoms with Gasteiger partial charge in [-0.3, -0.25) is 4.99 Å². The Kier molecular flexibility index (Phi) is 6.42. The minimum absolute atomic E-state index is 0.132. The molecule has 0 amide bonds. The molecule has 0 radical (unpaired) electrons. The molecule has 2 heterocycles. The fourth-order valence-corrected chi connectivity index (χ4v) is 8.09. The van der Waals surface area contributed by atoms with Crippen LogP contribution in [0.1, 0.15) is 34.6 Å². The van der Waals surface area contributed by atoms with Crippen LogP contribution in [-0.2, 0) is 0 Å². The molecule has 0 unspecified atom stereocenters. The predicted molar refractivity (Wildman–Crippen MR) is 210 cm³/mol. The Labute approximate surface area is 287 Å². The summed E-state index contributed by atoms with van der Waals surface area (Å²) < 4.78 is 2.45. The molecular formula is C46H39N3. The predicted octanol–water partition coefficient (Wildman–Crippen LogP) is 12.2. The van der Waals surface area contributed by atoms with E-state index in [0.717, 1.165) is 11.5 Å². The third-order valence-electron chi connectivity index (χ3n) is 11.1. The summed E-state index contributed by atoms with van der Waals surface area (Å²) in [5.74, 6) is 1.06. The van der Waals surface area contributed by atoms with Crippen molar-refractivity contribution in [3.63, 3.8) is 0 Å². The quantitative estimate of drug-likeness (QED) is 0.189. The number of amidine groups is 1. The van der Waals surface area contributed by atoms with Crippen LogP contribution in [0.2, 0.25) is 0 Å². The zero-order chi connectivity index (χ0) is 33.5. The number of rotatable bonds is 4. The number of aliphatic imine (C=N–C) groups is 1. The first-order valence-electron chi connectivity index (χ1n) is 17.2. The Morgan fingerprint density at radius 2 is 1.12 bits per heavy atom. The van der Waals surface area contributed by atoms with Gasteiger partial charge in [0.2, 0.25) is 0 Å². The van der Waals surface area contributed by atoms with E-state index >= 15 is 0 Å². The van der Waals surface area contributed by atoms with Gasteiger partial charge in [0.1, 0.15) is 5.84 Å². The molecule has 0 spiro atoms. The molecule has 3 nitrogen and oxygen atoms in total. The standard InChI is InChI=1S/C46H39N3/c1-30-47-45(2,3)46(4,5)49(30)37-24-21-32(22-25-37)41-29-43-44(39-18-12-11-17-38(39)41)40-26-23-35(28-42(40)48(43)36-15-7-6-8-16-36)34-20-19-31-13-9-10-14-33(31)27-34/h6-29H,1-5H3. The van der Waals surface area contributed by atoms with Crippen molar-refractivity contribution in [3.8, 4) is 27.9 Å². The summed E-state index contributed by atoms with van der Waals surface area (Å²) in [6.07, 6.45) is 0. The van der Waals surface area contributed by atoms with E-state index in [1.807, 2.05) is 0 Å².